The van der Waals surface area contributed by atoms with Crippen molar-refractivity contribution >= 4 is 40.9 Å². The van der Waals surface area contributed by atoms with E-state index in [0.29, 0.717) is 20.9 Å². The Balaban J connectivity index is 2.33. The maximum atomic E-state index is 10.5. The summed E-state index contributed by atoms with van der Waals surface area (Å²) in [6, 6.07) is 5.00. The van der Waals surface area contributed by atoms with Crippen LogP contribution >= 0.6 is 35.0 Å². The van der Waals surface area contributed by atoms with Gasteiger partial charge in [-0.1, -0.05) is 35.0 Å². The fourth-order valence-corrected chi connectivity index (χ4v) is 2.47. The molecule has 0 aliphatic carbocycles. The minimum atomic E-state index is -0.918. The van der Waals surface area contributed by atoms with Crippen LogP contribution in [0.15, 0.2) is 29.7 Å². The molecule has 0 unspecified atom stereocenters. The third-order valence-corrected chi connectivity index (χ3v) is 3.33. The molecular formula is C10H7Cl2N3O2S. The van der Waals surface area contributed by atoms with Gasteiger partial charge in [-0.2, -0.15) is 0 Å². The second-order valence-electron chi connectivity index (χ2n) is 3.29. The Morgan fingerprint density at radius 1 is 1.33 bits per heavy atom. The van der Waals surface area contributed by atoms with Crippen molar-refractivity contribution in [1.82, 2.24) is 14.8 Å². The van der Waals surface area contributed by atoms with Gasteiger partial charge in [-0.25, -0.2) is 0 Å². The fourth-order valence-electron chi connectivity index (χ4n) is 1.30. The number of aliphatic carboxylic acids is 1. The molecule has 0 aliphatic rings. The average molecular weight is 304 g/mol. The molecular weight excluding hydrogens is 297 g/mol. The van der Waals surface area contributed by atoms with Gasteiger partial charge in [0.2, 0.25) is 0 Å². The highest BCUT2D eigenvalue weighted by Gasteiger charge is 2.10. The van der Waals surface area contributed by atoms with E-state index in [4.69, 9.17) is 28.3 Å². The van der Waals surface area contributed by atoms with Gasteiger partial charge in [0.1, 0.15) is 6.33 Å². The monoisotopic (exact) mass is 303 g/mol. The molecule has 1 aromatic carbocycles. The molecule has 0 amide bonds. The lowest BCUT2D eigenvalue weighted by molar-refractivity contribution is -0.133. The molecule has 0 radical (unpaired) electrons. The Morgan fingerprint density at radius 3 is 2.61 bits per heavy atom. The zero-order valence-electron chi connectivity index (χ0n) is 8.88. The van der Waals surface area contributed by atoms with E-state index in [0.717, 1.165) is 11.8 Å². The van der Waals surface area contributed by atoms with Gasteiger partial charge < -0.3 is 5.11 Å². The first-order valence-electron chi connectivity index (χ1n) is 4.77. The summed E-state index contributed by atoms with van der Waals surface area (Å²) in [4.78, 5) is 10.5. The third-order valence-electron chi connectivity index (χ3n) is 1.97. The van der Waals surface area contributed by atoms with Crippen molar-refractivity contribution in [1.29, 1.82) is 0 Å². The first-order chi connectivity index (χ1) is 8.56. The zero-order valence-corrected chi connectivity index (χ0v) is 11.2. The minimum absolute atomic E-state index is 0.0903. The maximum Gasteiger partial charge on any atom is 0.313 e. The summed E-state index contributed by atoms with van der Waals surface area (Å²) in [6.45, 7) is 0. The second-order valence-corrected chi connectivity index (χ2v) is 5.11. The van der Waals surface area contributed by atoms with Crippen molar-refractivity contribution in [3.8, 4) is 5.69 Å². The molecule has 2 aromatic rings. The van der Waals surface area contributed by atoms with Crippen LogP contribution in [0.2, 0.25) is 10.0 Å². The number of rotatable bonds is 4. The molecule has 2 rings (SSSR count). The van der Waals surface area contributed by atoms with Gasteiger partial charge in [0, 0.05) is 10.0 Å². The average Bonchev–Trinajstić information content (AvgIpc) is 2.72. The number of carboxylic acids is 1. The van der Waals surface area contributed by atoms with Crippen molar-refractivity contribution < 1.29 is 9.90 Å². The topological polar surface area (TPSA) is 68.0 Å². The summed E-state index contributed by atoms with van der Waals surface area (Å²) >= 11 is 12.9. The van der Waals surface area contributed by atoms with Gasteiger partial charge in [0.15, 0.2) is 5.16 Å². The Labute approximate surface area is 117 Å². The summed E-state index contributed by atoms with van der Waals surface area (Å²) in [6.07, 6.45) is 1.48. The lowest BCUT2D eigenvalue weighted by Gasteiger charge is -2.06. The Morgan fingerprint density at radius 2 is 2.00 bits per heavy atom. The van der Waals surface area contributed by atoms with E-state index in [1.54, 1.807) is 22.8 Å². The predicted octanol–water partition coefficient (Wildman–Crippen LogP) is 2.75. The van der Waals surface area contributed by atoms with Gasteiger partial charge >= 0.3 is 5.97 Å². The molecule has 8 heteroatoms. The van der Waals surface area contributed by atoms with Gasteiger partial charge in [-0.3, -0.25) is 9.36 Å². The Kier molecular flexibility index (Phi) is 4.11. The van der Waals surface area contributed by atoms with Crippen LogP contribution in [-0.2, 0) is 4.79 Å². The van der Waals surface area contributed by atoms with Crippen molar-refractivity contribution in [2.24, 2.45) is 0 Å². The zero-order chi connectivity index (χ0) is 13.1. The van der Waals surface area contributed by atoms with Crippen LogP contribution in [0.4, 0.5) is 0 Å². The second kappa shape index (κ2) is 5.60. The standard InChI is InChI=1S/C10H7Cl2N3O2S/c11-6-1-7(12)3-8(2-6)15-5-13-14-10(15)18-4-9(16)17/h1-3,5H,4H2,(H,16,17). The smallest absolute Gasteiger partial charge is 0.313 e. The van der Waals surface area contributed by atoms with E-state index in [2.05, 4.69) is 10.2 Å². The van der Waals surface area contributed by atoms with Crippen LogP contribution in [0.5, 0.6) is 0 Å². The molecule has 1 aromatic heterocycles. The number of hydrogen-bond donors (Lipinski definition) is 1. The molecule has 0 bridgehead atoms. The lowest BCUT2D eigenvalue weighted by atomic mass is 10.3. The predicted molar refractivity (Wildman–Crippen MR) is 69.7 cm³/mol. The molecule has 94 valence electrons. The van der Waals surface area contributed by atoms with Gasteiger partial charge in [-0.15, -0.1) is 10.2 Å². The van der Waals surface area contributed by atoms with Crippen LogP contribution in [0.25, 0.3) is 5.69 Å². The van der Waals surface area contributed by atoms with Crippen molar-refractivity contribution in [3.05, 3.63) is 34.6 Å². The summed E-state index contributed by atoms with van der Waals surface area (Å²) < 4.78 is 1.63. The van der Waals surface area contributed by atoms with Gasteiger partial charge in [0.05, 0.1) is 11.4 Å². The van der Waals surface area contributed by atoms with Crippen molar-refractivity contribution in [2.45, 2.75) is 5.16 Å². The minimum Gasteiger partial charge on any atom is -0.481 e. The van der Waals surface area contributed by atoms with Crippen LogP contribution in [-0.4, -0.2) is 31.6 Å². The molecule has 0 aliphatic heterocycles. The first-order valence-corrected chi connectivity index (χ1v) is 6.51. The van der Waals surface area contributed by atoms with E-state index >= 15 is 0 Å². The first kappa shape index (κ1) is 13.2. The number of carboxylic acid groups (broad SMARTS) is 1. The third kappa shape index (κ3) is 3.16. The molecule has 0 saturated carbocycles. The molecule has 1 N–H and O–H groups in total. The fraction of sp³-hybridized carbons (Fsp3) is 0.100. The summed E-state index contributed by atoms with van der Waals surface area (Å²) in [5.74, 6) is -1.01. The Hall–Kier alpha value is -1.24. The number of halogens is 2. The number of benzene rings is 1. The maximum absolute atomic E-state index is 10.5. The largest absolute Gasteiger partial charge is 0.481 e. The lowest BCUT2D eigenvalue weighted by Crippen LogP contribution is -2.01. The van der Waals surface area contributed by atoms with Crippen LogP contribution in [0, 0.1) is 0 Å². The van der Waals surface area contributed by atoms with E-state index in [-0.39, 0.29) is 5.75 Å². The summed E-state index contributed by atoms with van der Waals surface area (Å²) in [7, 11) is 0. The Bertz CT molecular complexity index is 568. The molecule has 0 atom stereocenters. The van der Waals surface area contributed by atoms with Crippen molar-refractivity contribution in [3.63, 3.8) is 0 Å². The van der Waals surface area contributed by atoms with Crippen LogP contribution in [0.3, 0.4) is 0 Å². The SMILES string of the molecule is O=C(O)CSc1nncn1-c1cc(Cl)cc(Cl)c1. The molecule has 1 heterocycles. The molecule has 5 nitrogen and oxygen atoms in total. The number of thioether (sulfide) groups is 1. The van der Waals surface area contributed by atoms with E-state index in [1.807, 2.05) is 0 Å². The normalized spacial score (nSPS) is 10.6. The molecule has 0 fully saturated rings. The highest BCUT2D eigenvalue weighted by Crippen LogP contribution is 2.25. The molecule has 0 spiro atoms. The van der Waals surface area contributed by atoms with Crippen molar-refractivity contribution in [2.75, 3.05) is 5.75 Å². The van der Waals surface area contributed by atoms with Crippen LogP contribution in [0.1, 0.15) is 0 Å². The number of aromatic nitrogens is 3. The highest BCUT2D eigenvalue weighted by molar-refractivity contribution is 7.99. The summed E-state index contributed by atoms with van der Waals surface area (Å²) in [5, 5.41) is 17.7. The summed E-state index contributed by atoms with van der Waals surface area (Å²) in [5.41, 5.74) is 0.686. The van der Waals surface area contributed by atoms with E-state index in [9.17, 15) is 4.79 Å². The highest BCUT2D eigenvalue weighted by atomic mass is 35.5. The van der Waals surface area contributed by atoms with E-state index < -0.39 is 5.97 Å². The van der Waals surface area contributed by atoms with Gasteiger partial charge in [0.25, 0.3) is 0 Å². The van der Waals surface area contributed by atoms with E-state index in [1.165, 1.54) is 6.33 Å². The number of hydrogen-bond acceptors (Lipinski definition) is 4. The number of carbonyl (C=O) groups is 1. The van der Waals surface area contributed by atoms with Crippen LogP contribution < -0.4 is 0 Å². The molecule has 18 heavy (non-hydrogen) atoms. The number of nitrogens with zero attached hydrogens (tertiary/aromatic N) is 3. The van der Waals surface area contributed by atoms with Gasteiger partial charge in [-0.05, 0) is 18.2 Å². The molecule has 0 saturated heterocycles. The quantitative estimate of drug-likeness (QED) is 0.880.